The fourth-order valence-corrected chi connectivity index (χ4v) is 3.91. The number of hydrogen-bond donors (Lipinski definition) is 2. The molecule has 1 atom stereocenters. The zero-order chi connectivity index (χ0) is 22.5. The van der Waals surface area contributed by atoms with Crippen molar-refractivity contribution in [2.75, 3.05) is 13.7 Å². The van der Waals surface area contributed by atoms with Gasteiger partial charge in [-0.15, -0.1) is 0 Å². The highest BCUT2D eigenvalue weighted by Crippen LogP contribution is 2.41. The molecule has 0 saturated carbocycles. The van der Waals surface area contributed by atoms with E-state index < -0.39 is 17.9 Å². The van der Waals surface area contributed by atoms with Crippen molar-refractivity contribution < 1.29 is 24.2 Å². The van der Waals surface area contributed by atoms with E-state index in [1.165, 1.54) is 7.11 Å². The minimum Gasteiger partial charge on any atom is -0.508 e. The molecule has 0 saturated heterocycles. The van der Waals surface area contributed by atoms with Crippen LogP contribution < -0.4 is 5.32 Å². The Balaban J connectivity index is 1.91. The average Bonchev–Trinajstić information content (AvgIpc) is 2.74. The van der Waals surface area contributed by atoms with E-state index in [-0.39, 0.29) is 12.4 Å². The predicted molar refractivity (Wildman–Crippen MR) is 118 cm³/mol. The average molecular weight is 442 g/mol. The number of ether oxygens (including phenoxy) is 2. The molecule has 2 aromatic rings. The molecule has 0 fully saturated rings. The third-order valence-electron chi connectivity index (χ3n) is 5.16. The summed E-state index contributed by atoms with van der Waals surface area (Å²) >= 11 is 6.44. The van der Waals surface area contributed by atoms with Gasteiger partial charge in [-0.2, -0.15) is 0 Å². The number of esters is 2. The zero-order valence-corrected chi connectivity index (χ0v) is 18.3. The van der Waals surface area contributed by atoms with Crippen molar-refractivity contribution in [2.45, 2.75) is 26.2 Å². The highest BCUT2D eigenvalue weighted by Gasteiger charge is 2.38. The number of carbonyl (C=O) groups is 2. The minimum absolute atomic E-state index is 0.145. The maximum Gasteiger partial charge on any atom is 0.336 e. The van der Waals surface area contributed by atoms with E-state index in [9.17, 15) is 14.7 Å². The molecule has 1 heterocycles. The molecular weight excluding hydrogens is 418 g/mol. The third-order valence-corrected chi connectivity index (χ3v) is 5.51. The molecular formula is C24H24ClNO5. The molecule has 0 spiro atoms. The first-order chi connectivity index (χ1) is 14.8. The first kappa shape index (κ1) is 22.4. The van der Waals surface area contributed by atoms with Gasteiger partial charge < -0.3 is 19.9 Å². The minimum atomic E-state index is -0.719. The summed E-state index contributed by atoms with van der Waals surface area (Å²) in [6.45, 7) is 3.66. The number of methoxy groups -OCH3 is 1. The number of phenolic OH excluding ortho intramolecular Hbond substituents is 1. The van der Waals surface area contributed by atoms with Gasteiger partial charge in [0, 0.05) is 22.8 Å². The lowest BCUT2D eigenvalue weighted by Crippen LogP contribution is -2.32. The van der Waals surface area contributed by atoms with Gasteiger partial charge in [-0.3, -0.25) is 0 Å². The SMILES string of the molecule is COC(=O)C1=C(C)NC(C)=C(C(=O)OCCc2ccc(O)cc2)C1c1ccccc1Cl. The predicted octanol–water partition coefficient (Wildman–Crippen LogP) is 4.24. The topological polar surface area (TPSA) is 84.9 Å². The fourth-order valence-electron chi connectivity index (χ4n) is 3.67. The van der Waals surface area contributed by atoms with Crippen molar-refractivity contribution in [2.24, 2.45) is 0 Å². The maximum absolute atomic E-state index is 13.1. The van der Waals surface area contributed by atoms with Gasteiger partial charge in [0.25, 0.3) is 0 Å². The Bertz CT molecular complexity index is 1060. The van der Waals surface area contributed by atoms with E-state index in [2.05, 4.69) is 5.32 Å². The Labute approximate surface area is 186 Å². The molecule has 3 rings (SSSR count). The number of halogens is 1. The first-order valence-corrected chi connectivity index (χ1v) is 10.2. The van der Waals surface area contributed by atoms with E-state index in [0.29, 0.717) is 39.5 Å². The lowest BCUT2D eigenvalue weighted by atomic mass is 9.80. The van der Waals surface area contributed by atoms with Crippen LogP contribution in [0.15, 0.2) is 71.1 Å². The zero-order valence-electron chi connectivity index (χ0n) is 17.6. The summed E-state index contributed by atoms with van der Waals surface area (Å²) in [7, 11) is 1.30. The van der Waals surface area contributed by atoms with E-state index in [1.54, 1.807) is 62.4 Å². The van der Waals surface area contributed by atoms with Gasteiger partial charge in [-0.05, 0) is 43.2 Å². The Hall–Kier alpha value is -3.25. The lowest BCUT2D eigenvalue weighted by Gasteiger charge is -2.30. The van der Waals surface area contributed by atoms with Gasteiger partial charge in [0.15, 0.2) is 0 Å². The number of hydrogen-bond acceptors (Lipinski definition) is 6. The van der Waals surface area contributed by atoms with E-state index >= 15 is 0 Å². The lowest BCUT2D eigenvalue weighted by molar-refractivity contribution is -0.139. The molecule has 31 heavy (non-hydrogen) atoms. The van der Waals surface area contributed by atoms with Crippen molar-refractivity contribution >= 4 is 23.5 Å². The number of phenols is 1. The molecule has 0 bridgehead atoms. The molecule has 162 valence electrons. The fraction of sp³-hybridized carbons (Fsp3) is 0.250. The number of benzene rings is 2. The van der Waals surface area contributed by atoms with Crippen molar-refractivity contribution in [1.29, 1.82) is 0 Å². The molecule has 1 aliphatic heterocycles. The molecule has 7 heteroatoms. The quantitative estimate of drug-likeness (QED) is 0.652. The number of dihydropyridines is 1. The Morgan fingerprint density at radius 2 is 1.61 bits per heavy atom. The highest BCUT2D eigenvalue weighted by molar-refractivity contribution is 6.31. The first-order valence-electron chi connectivity index (χ1n) is 9.79. The van der Waals surface area contributed by atoms with Crippen LogP contribution in [-0.2, 0) is 25.5 Å². The van der Waals surface area contributed by atoms with Crippen LogP contribution in [0.25, 0.3) is 0 Å². The van der Waals surface area contributed by atoms with Crippen LogP contribution in [0.1, 0.15) is 30.9 Å². The van der Waals surface area contributed by atoms with Crippen LogP contribution in [0.2, 0.25) is 5.02 Å². The molecule has 0 amide bonds. The maximum atomic E-state index is 13.1. The molecule has 0 aliphatic carbocycles. The van der Waals surface area contributed by atoms with E-state index in [1.807, 2.05) is 0 Å². The van der Waals surface area contributed by atoms with Gasteiger partial charge in [-0.25, -0.2) is 9.59 Å². The normalized spacial score (nSPS) is 16.1. The van der Waals surface area contributed by atoms with Crippen molar-refractivity contribution in [3.05, 3.63) is 87.2 Å². The molecule has 2 N–H and O–H groups in total. The second-order valence-electron chi connectivity index (χ2n) is 7.20. The second-order valence-corrected chi connectivity index (χ2v) is 7.61. The molecule has 1 aliphatic rings. The summed E-state index contributed by atoms with van der Waals surface area (Å²) in [5, 5.41) is 12.9. The summed E-state index contributed by atoms with van der Waals surface area (Å²) in [6.07, 6.45) is 0.487. The van der Waals surface area contributed by atoms with Gasteiger partial charge in [-0.1, -0.05) is 41.9 Å². The monoisotopic (exact) mass is 441 g/mol. The van der Waals surface area contributed by atoms with E-state index in [0.717, 1.165) is 5.56 Å². The summed E-state index contributed by atoms with van der Waals surface area (Å²) in [6, 6.07) is 13.8. The van der Waals surface area contributed by atoms with Crippen LogP contribution in [-0.4, -0.2) is 30.8 Å². The number of allylic oxidation sites excluding steroid dienone is 2. The number of nitrogens with one attached hydrogen (secondary N) is 1. The van der Waals surface area contributed by atoms with E-state index in [4.69, 9.17) is 21.1 Å². The van der Waals surface area contributed by atoms with Gasteiger partial charge >= 0.3 is 11.9 Å². The standard InChI is InChI=1S/C24H24ClNO5/c1-14-20(23(28)30-3)22(18-6-4-5-7-19(18)25)21(15(2)26-14)24(29)31-13-12-16-8-10-17(27)11-9-16/h4-11,22,26-27H,12-13H2,1-3H3. The summed E-state index contributed by atoms with van der Waals surface area (Å²) < 4.78 is 10.5. The second kappa shape index (κ2) is 9.71. The van der Waals surface area contributed by atoms with Crippen LogP contribution in [0.3, 0.4) is 0 Å². The van der Waals surface area contributed by atoms with Gasteiger partial charge in [0.1, 0.15) is 5.75 Å². The molecule has 0 radical (unpaired) electrons. The third kappa shape index (κ3) is 4.91. The molecule has 2 aromatic carbocycles. The highest BCUT2D eigenvalue weighted by atomic mass is 35.5. The number of rotatable bonds is 6. The molecule has 6 nitrogen and oxygen atoms in total. The van der Waals surface area contributed by atoms with Crippen LogP contribution in [0.5, 0.6) is 5.75 Å². The molecule has 1 unspecified atom stereocenters. The Morgan fingerprint density at radius 1 is 1.00 bits per heavy atom. The van der Waals surface area contributed by atoms with Crippen LogP contribution in [0, 0.1) is 0 Å². The Kier molecular flexibility index (Phi) is 7.02. The van der Waals surface area contributed by atoms with Crippen molar-refractivity contribution in [3.8, 4) is 5.75 Å². The Morgan fingerprint density at radius 3 is 2.23 bits per heavy atom. The summed E-state index contributed by atoms with van der Waals surface area (Å²) in [5.41, 5.74) is 3.35. The van der Waals surface area contributed by atoms with Crippen molar-refractivity contribution in [1.82, 2.24) is 5.32 Å². The smallest absolute Gasteiger partial charge is 0.336 e. The summed E-state index contributed by atoms with van der Waals surface area (Å²) in [5.74, 6) is -1.63. The summed E-state index contributed by atoms with van der Waals surface area (Å²) in [4.78, 5) is 25.7. The number of carbonyl (C=O) groups excluding carboxylic acids is 2. The molecule has 0 aromatic heterocycles. The van der Waals surface area contributed by atoms with Gasteiger partial charge in [0.05, 0.1) is 30.8 Å². The van der Waals surface area contributed by atoms with Crippen molar-refractivity contribution in [3.63, 3.8) is 0 Å². The largest absolute Gasteiger partial charge is 0.508 e. The van der Waals surface area contributed by atoms with Crippen LogP contribution in [0.4, 0.5) is 0 Å². The van der Waals surface area contributed by atoms with Crippen LogP contribution >= 0.6 is 11.6 Å². The number of aromatic hydroxyl groups is 1. The van der Waals surface area contributed by atoms with Gasteiger partial charge in [0.2, 0.25) is 0 Å².